The van der Waals surface area contributed by atoms with Crippen LogP contribution in [-0.4, -0.2) is 29.8 Å². The van der Waals surface area contributed by atoms with Gasteiger partial charge in [-0.3, -0.25) is 0 Å². The lowest BCUT2D eigenvalue weighted by Gasteiger charge is -2.36. The smallest absolute Gasteiger partial charge is 0.337 e. The molecule has 0 radical (unpaired) electrons. The normalized spacial score (nSPS) is 22.3. The van der Waals surface area contributed by atoms with E-state index in [0.717, 1.165) is 25.1 Å². The van der Waals surface area contributed by atoms with E-state index in [4.69, 9.17) is 15.6 Å². The van der Waals surface area contributed by atoms with E-state index in [1.807, 2.05) is 6.92 Å². The van der Waals surface area contributed by atoms with Crippen molar-refractivity contribution in [3.05, 3.63) is 23.8 Å². The van der Waals surface area contributed by atoms with Gasteiger partial charge in [0.15, 0.2) is 0 Å². The Balaban J connectivity index is 1.95. The fourth-order valence-electron chi connectivity index (χ4n) is 2.12. The van der Waals surface area contributed by atoms with E-state index in [-0.39, 0.29) is 11.3 Å². The first kappa shape index (κ1) is 12.7. The van der Waals surface area contributed by atoms with Crippen LogP contribution in [0.5, 0.6) is 0 Å². The number of nitrogens with two attached hydrogens (primary N) is 1. The molecule has 0 heterocycles. The second-order valence-electron chi connectivity index (χ2n) is 4.50. The molecule has 1 fully saturated rings. The summed E-state index contributed by atoms with van der Waals surface area (Å²) in [6.07, 6.45) is 2.25. The Morgan fingerprint density at radius 3 is 2.89 bits per heavy atom. The highest BCUT2D eigenvalue weighted by Crippen LogP contribution is 2.28. The fourth-order valence-corrected chi connectivity index (χ4v) is 2.12. The van der Waals surface area contributed by atoms with Crippen LogP contribution in [0.2, 0.25) is 0 Å². The van der Waals surface area contributed by atoms with Crippen molar-refractivity contribution in [1.29, 1.82) is 0 Å². The minimum absolute atomic E-state index is 0.140. The molecule has 0 aliphatic heterocycles. The van der Waals surface area contributed by atoms with Gasteiger partial charge in [-0.25, -0.2) is 4.79 Å². The minimum Gasteiger partial charge on any atom is -0.478 e. The Hall–Kier alpha value is -1.75. The first-order valence-electron chi connectivity index (χ1n) is 6.11. The van der Waals surface area contributed by atoms with Crippen molar-refractivity contribution >= 4 is 17.3 Å². The van der Waals surface area contributed by atoms with Crippen molar-refractivity contribution in [1.82, 2.24) is 0 Å². The average molecular weight is 250 g/mol. The quantitative estimate of drug-likeness (QED) is 0.695. The van der Waals surface area contributed by atoms with Gasteiger partial charge in [0.1, 0.15) is 0 Å². The van der Waals surface area contributed by atoms with Crippen LogP contribution in [0.4, 0.5) is 11.4 Å². The van der Waals surface area contributed by atoms with E-state index in [9.17, 15) is 4.79 Å². The summed E-state index contributed by atoms with van der Waals surface area (Å²) < 4.78 is 5.47. The third-order valence-electron chi connectivity index (χ3n) is 3.15. The van der Waals surface area contributed by atoms with Crippen LogP contribution in [0.3, 0.4) is 0 Å². The standard InChI is InChI=1S/C13H18N2O3/c1-2-18-10-5-9(6-10)15-8-3-4-12(14)11(7-8)13(16)17/h3-4,7,9-10,15H,2,5-6,14H2,1H3,(H,16,17). The monoisotopic (exact) mass is 250 g/mol. The van der Waals surface area contributed by atoms with Crippen molar-refractivity contribution in [2.24, 2.45) is 0 Å². The minimum atomic E-state index is -1.00. The van der Waals surface area contributed by atoms with Crippen molar-refractivity contribution in [2.75, 3.05) is 17.7 Å². The zero-order valence-corrected chi connectivity index (χ0v) is 10.3. The summed E-state index contributed by atoms with van der Waals surface area (Å²) in [4.78, 5) is 11.0. The number of ether oxygens (including phenoxy) is 1. The molecule has 1 saturated carbocycles. The van der Waals surface area contributed by atoms with E-state index >= 15 is 0 Å². The first-order valence-corrected chi connectivity index (χ1v) is 6.11. The maximum Gasteiger partial charge on any atom is 0.337 e. The number of carbonyl (C=O) groups is 1. The van der Waals surface area contributed by atoms with Crippen LogP contribution >= 0.6 is 0 Å². The molecule has 1 aliphatic rings. The van der Waals surface area contributed by atoms with Gasteiger partial charge in [0.2, 0.25) is 0 Å². The first-order chi connectivity index (χ1) is 8.60. The number of rotatable bonds is 5. The lowest BCUT2D eigenvalue weighted by Crippen LogP contribution is -2.40. The molecule has 1 aromatic carbocycles. The number of aromatic carboxylic acids is 1. The SMILES string of the molecule is CCOC1CC(Nc2ccc(N)c(C(=O)O)c2)C1. The topological polar surface area (TPSA) is 84.6 Å². The van der Waals surface area contributed by atoms with Crippen LogP contribution in [0, 0.1) is 0 Å². The number of carboxylic acid groups (broad SMARTS) is 1. The van der Waals surface area contributed by atoms with Gasteiger partial charge < -0.3 is 20.9 Å². The van der Waals surface area contributed by atoms with Crippen molar-refractivity contribution < 1.29 is 14.6 Å². The molecule has 0 spiro atoms. The predicted octanol–water partition coefficient (Wildman–Crippen LogP) is 1.95. The van der Waals surface area contributed by atoms with Crippen LogP contribution in [-0.2, 0) is 4.74 Å². The van der Waals surface area contributed by atoms with Gasteiger partial charge in [-0.1, -0.05) is 0 Å². The summed E-state index contributed by atoms with van der Waals surface area (Å²) in [5.41, 5.74) is 6.82. The number of benzene rings is 1. The molecular weight excluding hydrogens is 232 g/mol. The number of hydrogen-bond acceptors (Lipinski definition) is 4. The highest BCUT2D eigenvalue weighted by Gasteiger charge is 2.29. The zero-order chi connectivity index (χ0) is 13.1. The molecule has 0 amide bonds. The fraction of sp³-hybridized carbons (Fsp3) is 0.462. The van der Waals surface area contributed by atoms with Crippen LogP contribution in [0.1, 0.15) is 30.1 Å². The molecule has 5 heteroatoms. The van der Waals surface area contributed by atoms with Gasteiger partial charge in [-0.15, -0.1) is 0 Å². The van der Waals surface area contributed by atoms with E-state index in [2.05, 4.69) is 5.32 Å². The molecule has 0 bridgehead atoms. The molecule has 4 N–H and O–H groups in total. The molecule has 98 valence electrons. The molecule has 2 rings (SSSR count). The predicted molar refractivity (Wildman–Crippen MR) is 69.9 cm³/mol. The summed E-state index contributed by atoms with van der Waals surface area (Å²) in [7, 11) is 0. The third kappa shape index (κ3) is 2.73. The molecule has 0 aromatic heterocycles. The van der Waals surface area contributed by atoms with Gasteiger partial charge in [0.25, 0.3) is 0 Å². The van der Waals surface area contributed by atoms with Crippen LogP contribution in [0.25, 0.3) is 0 Å². The second kappa shape index (κ2) is 5.27. The highest BCUT2D eigenvalue weighted by atomic mass is 16.5. The Morgan fingerprint density at radius 2 is 2.28 bits per heavy atom. The maximum absolute atomic E-state index is 11.0. The van der Waals surface area contributed by atoms with Crippen molar-refractivity contribution in [2.45, 2.75) is 31.9 Å². The summed E-state index contributed by atoms with van der Waals surface area (Å²) >= 11 is 0. The summed E-state index contributed by atoms with van der Waals surface area (Å²) in [6, 6.07) is 5.35. The Bertz CT molecular complexity index is 442. The molecule has 1 aliphatic carbocycles. The van der Waals surface area contributed by atoms with E-state index < -0.39 is 5.97 Å². The van der Waals surface area contributed by atoms with Gasteiger partial charge in [-0.2, -0.15) is 0 Å². The lowest BCUT2D eigenvalue weighted by molar-refractivity contribution is 0.00298. The summed E-state index contributed by atoms with van der Waals surface area (Å²) in [6.45, 7) is 2.72. The molecular formula is C13H18N2O3. The lowest BCUT2D eigenvalue weighted by atomic mass is 9.89. The van der Waals surface area contributed by atoms with Crippen molar-refractivity contribution in [3.63, 3.8) is 0 Å². The maximum atomic E-state index is 11.0. The molecule has 0 saturated heterocycles. The second-order valence-corrected chi connectivity index (χ2v) is 4.50. The van der Waals surface area contributed by atoms with Gasteiger partial charge >= 0.3 is 5.97 Å². The van der Waals surface area contributed by atoms with Crippen LogP contribution < -0.4 is 11.1 Å². The van der Waals surface area contributed by atoms with E-state index in [1.165, 1.54) is 0 Å². The molecule has 5 nitrogen and oxygen atoms in total. The summed E-state index contributed by atoms with van der Waals surface area (Å²) in [5, 5.41) is 12.3. The van der Waals surface area contributed by atoms with Gasteiger partial charge in [-0.05, 0) is 38.0 Å². The summed E-state index contributed by atoms with van der Waals surface area (Å²) in [5.74, 6) is -1.00. The number of nitrogens with one attached hydrogen (secondary N) is 1. The largest absolute Gasteiger partial charge is 0.478 e. The molecule has 18 heavy (non-hydrogen) atoms. The Labute approximate surface area is 106 Å². The average Bonchev–Trinajstić information content (AvgIpc) is 2.28. The Kier molecular flexibility index (Phi) is 3.72. The van der Waals surface area contributed by atoms with Gasteiger partial charge in [0.05, 0.1) is 11.7 Å². The number of carboxylic acids is 1. The number of anilines is 2. The van der Waals surface area contributed by atoms with Gasteiger partial charge in [0, 0.05) is 24.0 Å². The molecule has 1 aromatic rings. The molecule has 0 unspecified atom stereocenters. The van der Waals surface area contributed by atoms with E-state index in [0.29, 0.717) is 12.1 Å². The number of hydrogen-bond donors (Lipinski definition) is 3. The zero-order valence-electron chi connectivity index (χ0n) is 10.3. The molecule has 0 atom stereocenters. The van der Waals surface area contributed by atoms with Crippen LogP contribution in [0.15, 0.2) is 18.2 Å². The number of nitrogen functional groups attached to an aromatic ring is 1. The van der Waals surface area contributed by atoms with Crippen molar-refractivity contribution in [3.8, 4) is 0 Å². The Morgan fingerprint density at radius 1 is 1.56 bits per heavy atom. The highest BCUT2D eigenvalue weighted by molar-refractivity contribution is 5.94. The third-order valence-corrected chi connectivity index (χ3v) is 3.15. The van der Waals surface area contributed by atoms with E-state index in [1.54, 1.807) is 18.2 Å².